The molecule has 0 atom stereocenters. The second kappa shape index (κ2) is 7.31. The largest absolute Gasteiger partial charge is 0.457 e. The average Bonchev–Trinajstić information content (AvgIpc) is 3.12. The van der Waals surface area contributed by atoms with Crippen molar-refractivity contribution in [2.24, 2.45) is 5.10 Å². The molecule has 4 rings (SSSR count). The SMILES string of the molecule is CC1=NN(c2ccc(C(=O)OCc3cc(=O)oc4cc(C)ccc34)cc2)CC1. The Morgan fingerprint density at radius 2 is 1.93 bits per heavy atom. The minimum absolute atomic E-state index is 0.00135. The van der Waals surface area contributed by atoms with Gasteiger partial charge in [-0.05, 0) is 49.7 Å². The summed E-state index contributed by atoms with van der Waals surface area (Å²) < 4.78 is 10.7. The van der Waals surface area contributed by atoms with Gasteiger partial charge in [0.25, 0.3) is 0 Å². The monoisotopic (exact) mass is 376 g/mol. The zero-order chi connectivity index (χ0) is 19.7. The molecular formula is C22H20N2O4. The standard InChI is InChI=1S/C22H20N2O4/c1-14-3-8-19-17(12-21(25)28-20(19)11-14)13-27-22(26)16-4-6-18(7-5-16)24-10-9-15(2)23-24/h3-8,11-12H,9-10,13H2,1-2H3. The molecule has 0 bridgehead atoms. The molecule has 0 saturated heterocycles. The Hall–Kier alpha value is -3.41. The third-order valence-corrected chi connectivity index (χ3v) is 4.72. The summed E-state index contributed by atoms with van der Waals surface area (Å²) in [5.74, 6) is -0.443. The molecule has 1 aliphatic rings. The Kier molecular flexibility index (Phi) is 4.69. The van der Waals surface area contributed by atoms with E-state index in [0.29, 0.717) is 16.7 Å². The maximum absolute atomic E-state index is 12.4. The summed E-state index contributed by atoms with van der Waals surface area (Å²) in [5, 5.41) is 7.13. The number of hydrazone groups is 1. The number of aryl methyl sites for hydroxylation is 1. The van der Waals surface area contributed by atoms with Crippen LogP contribution >= 0.6 is 0 Å². The summed E-state index contributed by atoms with van der Waals surface area (Å²) in [6, 6.07) is 14.1. The van der Waals surface area contributed by atoms with Crippen LogP contribution in [0.4, 0.5) is 5.69 Å². The molecule has 142 valence electrons. The molecule has 28 heavy (non-hydrogen) atoms. The number of esters is 1. The highest BCUT2D eigenvalue weighted by Gasteiger charge is 2.15. The Balaban J connectivity index is 1.49. The second-order valence-electron chi connectivity index (χ2n) is 6.92. The van der Waals surface area contributed by atoms with Crippen LogP contribution in [0.1, 0.15) is 34.8 Å². The van der Waals surface area contributed by atoms with E-state index in [-0.39, 0.29) is 6.61 Å². The molecule has 3 aromatic rings. The highest BCUT2D eigenvalue weighted by molar-refractivity contribution is 5.90. The van der Waals surface area contributed by atoms with E-state index in [4.69, 9.17) is 9.15 Å². The van der Waals surface area contributed by atoms with Crippen molar-refractivity contribution < 1.29 is 13.9 Å². The number of carbonyl (C=O) groups is 1. The van der Waals surface area contributed by atoms with Crippen LogP contribution in [-0.4, -0.2) is 18.2 Å². The minimum atomic E-state index is -0.463. The molecule has 0 amide bonds. The van der Waals surface area contributed by atoms with Crippen molar-refractivity contribution in [1.29, 1.82) is 0 Å². The van der Waals surface area contributed by atoms with E-state index in [1.54, 1.807) is 18.2 Å². The van der Waals surface area contributed by atoms with Crippen LogP contribution in [0.2, 0.25) is 0 Å². The van der Waals surface area contributed by atoms with Crippen molar-refractivity contribution in [3.05, 3.63) is 75.6 Å². The van der Waals surface area contributed by atoms with E-state index in [1.165, 1.54) is 6.07 Å². The normalized spacial score (nSPS) is 13.6. The molecule has 0 radical (unpaired) electrons. The molecule has 0 fully saturated rings. The van der Waals surface area contributed by atoms with Gasteiger partial charge in [0.15, 0.2) is 0 Å². The Labute approximate surface area is 162 Å². The fourth-order valence-electron chi connectivity index (χ4n) is 3.21. The van der Waals surface area contributed by atoms with Gasteiger partial charge in [-0.15, -0.1) is 0 Å². The van der Waals surface area contributed by atoms with Crippen molar-refractivity contribution in [3.8, 4) is 0 Å². The number of hydrogen-bond donors (Lipinski definition) is 0. The number of fused-ring (bicyclic) bond motifs is 1. The topological polar surface area (TPSA) is 72.1 Å². The summed E-state index contributed by atoms with van der Waals surface area (Å²) in [6.07, 6.45) is 0.947. The van der Waals surface area contributed by atoms with Gasteiger partial charge in [-0.25, -0.2) is 9.59 Å². The lowest BCUT2D eigenvalue weighted by atomic mass is 10.1. The van der Waals surface area contributed by atoms with Crippen molar-refractivity contribution in [3.63, 3.8) is 0 Å². The Morgan fingerprint density at radius 3 is 2.64 bits per heavy atom. The van der Waals surface area contributed by atoms with Crippen LogP contribution in [0, 0.1) is 6.92 Å². The molecule has 0 aliphatic carbocycles. The van der Waals surface area contributed by atoms with E-state index < -0.39 is 11.6 Å². The first-order valence-corrected chi connectivity index (χ1v) is 9.12. The third kappa shape index (κ3) is 3.67. The van der Waals surface area contributed by atoms with E-state index in [0.717, 1.165) is 35.3 Å². The van der Waals surface area contributed by atoms with Crippen molar-refractivity contribution >= 4 is 28.3 Å². The molecule has 2 heterocycles. The molecule has 0 saturated carbocycles. The summed E-state index contributed by atoms with van der Waals surface area (Å²) in [6.45, 7) is 4.77. The summed E-state index contributed by atoms with van der Waals surface area (Å²) >= 11 is 0. The molecule has 6 heteroatoms. The predicted octanol–water partition coefficient (Wildman–Crippen LogP) is 4.04. The molecular weight excluding hydrogens is 356 g/mol. The minimum Gasteiger partial charge on any atom is -0.457 e. The molecule has 0 N–H and O–H groups in total. The lowest BCUT2D eigenvalue weighted by molar-refractivity contribution is 0.0474. The van der Waals surface area contributed by atoms with E-state index in [1.807, 2.05) is 43.1 Å². The molecule has 0 unspecified atom stereocenters. The number of nitrogens with zero attached hydrogens (tertiary/aromatic N) is 2. The number of carbonyl (C=O) groups excluding carboxylic acids is 1. The van der Waals surface area contributed by atoms with Crippen LogP contribution < -0.4 is 10.6 Å². The maximum Gasteiger partial charge on any atom is 0.338 e. The van der Waals surface area contributed by atoms with E-state index in [9.17, 15) is 9.59 Å². The Morgan fingerprint density at radius 1 is 1.14 bits per heavy atom. The van der Waals surface area contributed by atoms with Crippen LogP contribution in [0.25, 0.3) is 11.0 Å². The zero-order valence-corrected chi connectivity index (χ0v) is 15.8. The van der Waals surface area contributed by atoms with Gasteiger partial charge < -0.3 is 9.15 Å². The summed E-state index contributed by atoms with van der Waals surface area (Å²) in [5.41, 5.74) is 4.13. The van der Waals surface area contributed by atoms with Crippen LogP contribution in [-0.2, 0) is 11.3 Å². The van der Waals surface area contributed by atoms with Crippen molar-refractivity contribution in [1.82, 2.24) is 0 Å². The highest BCUT2D eigenvalue weighted by Crippen LogP contribution is 2.22. The number of hydrogen-bond acceptors (Lipinski definition) is 6. The predicted molar refractivity (Wildman–Crippen MR) is 108 cm³/mol. The number of rotatable bonds is 4. The third-order valence-electron chi connectivity index (χ3n) is 4.72. The second-order valence-corrected chi connectivity index (χ2v) is 6.92. The van der Waals surface area contributed by atoms with Gasteiger partial charge in [-0.2, -0.15) is 5.10 Å². The lowest BCUT2D eigenvalue weighted by Gasteiger charge is -2.14. The van der Waals surface area contributed by atoms with Gasteiger partial charge >= 0.3 is 11.6 Å². The quantitative estimate of drug-likeness (QED) is 0.507. The van der Waals surface area contributed by atoms with Crippen LogP contribution in [0.5, 0.6) is 0 Å². The molecule has 0 spiro atoms. The average molecular weight is 376 g/mol. The maximum atomic E-state index is 12.4. The Bertz CT molecular complexity index is 1130. The van der Waals surface area contributed by atoms with Crippen molar-refractivity contribution in [2.75, 3.05) is 11.6 Å². The molecule has 2 aromatic carbocycles. The van der Waals surface area contributed by atoms with Gasteiger partial charge in [0, 0.05) is 35.7 Å². The lowest BCUT2D eigenvalue weighted by Crippen LogP contribution is -2.12. The van der Waals surface area contributed by atoms with Gasteiger partial charge in [0.1, 0.15) is 12.2 Å². The van der Waals surface area contributed by atoms with E-state index >= 15 is 0 Å². The zero-order valence-electron chi connectivity index (χ0n) is 15.8. The summed E-state index contributed by atoms with van der Waals surface area (Å²) in [4.78, 5) is 24.2. The van der Waals surface area contributed by atoms with Crippen molar-refractivity contribution in [2.45, 2.75) is 26.9 Å². The number of anilines is 1. The van der Waals surface area contributed by atoms with Gasteiger partial charge in [0.2, 0.25) is 0 Å². The van der Waals surface area contributed by atoms with Crippen LogP contribution in [0.3, 0.4) is 0 Å². The smallest absolute Gasteiger partial charge is 0.338 e. The van der Waals surface area contributed by atoms with E-state index in [2.05, 4.69) is 5.10 Å². The first kappa shape index (κ1) is 18.0. The molecule has 1 aliphatic heterocycles. The fraction of sp³-hybridized carbons (Fsp3) is 0.227. The van der Waals surface area contributed by atoms with Gasteiger partial charge in [0.05, 0.1) is 11.3 Å². The first-order chi connectivity index (χ1) is 13.5. The van der Waals surface area contributed by atoms with Crippen LogP contribution in [0.15, 0.2) is 62.8 Å². The molecule has 6 nitrogen and oxygen atoms in total. The molecule has 1 aromatic heterocycles. The fourth-order valence-corrected chi connectivity index (χ4v) is 3.21. The van der Waals surface area contributed by atoms with Gasteiger partial charge in [-0.1, -0.05) is 12.1 Å². The van der Waals surface area contributed by atoms with Gasteiger partial charge in [-0.3, -0.25) is 5.01 Å². The number of benzene rings is 2. The number of ether oxygens (including phenoxy) is 1. The first-order valence-electron chi connectivity index (χ1n) is 9.12. The summed E-state index contributed by atoms with van der Waals surface area (Å²) in [7, 11) is 0. The highest BCUT2D eigenvalue weighted by atomic mass is 16.5.